The van der Waals surface area contributed by atoms with Gasteiger partial charge in [-0.1, -0.05) is 30.3 Å². The maximum Gasteiger partial charge on any atom is 0.287 e. The zero-order valence-electron chi connectivity index (χ0n) is 12.9. The summed E-state index contributed by atoms with van der Waals surface area (Å²) in [4.78, 5) is 12.3. The van der Waals surface area contributed by atoms with E-state index in [4.69, 9.17) is 4.42 Å². The van der Waals surface area contributed by atoms with Crippen LogP contribution in [-0.4, -0.2) is 21.4 Å². The Balaban J connectivity index is 1.68. The summed E-state index contributed by atoms with van der Waals surface area (Å²) in [6.45, 7) is 0.274. The summed E-state index contributed by atoms with van der Waals surface area (Å²) in [5.74, 6) is -0.0799. The van der Waals surface area contributed by atoms with Crippen LogP contribution in [0.2, 0.25) is 0 Å². The van der Waals surface area contributed by atoms with Crippen LogP contribution in [0.3, 0.4) is 0 Å². The molecule has 0 saturated heterocycles. The lowest BCUT2D eigenvalue weighted by molar-refractivity contribution is 0.0925. The fraction of sp³-hybridized carbons (Fsp3) is 0.118. The van der Waals surface area contributed by atoms with Crippen LogP contribution in [0.4, 0.5) is 0 Å². The first-order valence-electron chi connectivity index (χ1n) is 7.29. The number of para-hydroxylation sites is 1. The third-order valence-electron chi connectivity index (χ3n) is 3.60. The second kappa shape index (κ2) is 6.46. The van der Waals surface area contributed by atoms with Gasteiger partial charge in [-0.15, -0.1) is 0 Å². The molecule has 124 valence electrons. The van der Waals surface area contributed by atoms with Crippen molar-refractivity contribution in [1.29, 1.82) is 0 Å². The maximum absolute atomic E-state index is 12.1. The summed E-state index contributed by atoms with van der Waals surface area (Å²) in [6, 6.07) is 15.4. The minimum atomic E-state index is -3.46. The summed E-state index contributed by atoms with van der Waals surface area (Å²) in [5.41, 5.74) is 1.44. The van der Waals surface area contributed by atoms with Gasteiger partial charge in [0.2, 0.25) is 10.0 Å². The molecule has 0 aliphatic carbocycles. The number of benzene rings is 2. The second-order valence-corrected chi connectivity index (χ2v) is 7.07. The van der Waals surface area contributed by atoms with E-state index in [1.807, 2.05) is 18.2 Å². The van der Waals surface area contributed by atoms with Gasteiger partial charge in [0.15, 0.2) is 5.76 Å². The molecule has 7 heteroatoms. The van der Waals surface area contributed by atoms with E-state index in [1.165, 1.54) is 19.2 Å². The summed E-state index contributed by atoms with van der Waals surface area (Å²) in [7, 11) is -2.10. The van der Waals surface area contributed by atoms with Crippen molar-refractivity contribution in [3.63, 3.8) is 0 Å². The number of sulfonamides is 1. The number of fused-ring (bicyclic) bond motifs is 1. The van der Waals surface area contributed by atoms with Crippen molar-refractivity contribution < 1.29 is 17.6 Å². The Morgan fingerprint density at radius 1 is 1.08 bits per heavy atom. The molecule has 0 aliphatic heterocycles. The van der Waals surface area contributed by atoms with Gasteiger partial charge in [0.05, 0.1) is 4.90 Å². The molecular weight excluding hydrogens is 328 g/mol. The van der Waals surface area contributed by atoms with Gasteiger partial charge in [-0.2, -0.15) is 0 Å². The third-order valence-corrected chi connectivity index (χ3v) is 5.03. The van der Waals surface area contributed by atoms with Crippen LogP contribution in [-0.2, 0) is 16.6 Å². The highest BCUT2D eigenvalue weighted by molar-refractivity contribution is 7.89. The van der Waals surface area contributed by atoms with Crippen LogP contribution in [0.5, 0.6) is 0 Å². The molecule has 0 unspecified atom stereocenters. The van der Waals surface area contributed by atoms with E-state index in [9.17, 15) is 13.2 Å². The Hall–Kier alpha value is -2.64. The normalized spacial score (nSPS) is 11.5. The lowest BCUT2D eigenvalue weighted by Gasteiger charge is -2.06. The third kappa shape index (κ3) is 3.32. The molecule has 1 amide bonds. The van der Waals surface area contributed by atoms with Crippen LogP contribution < -0.4 is 10.0 Å². The van der Waals surface area contributed by atoms with Gasteiger partial charge in [-0.25, -0.2) is 13.1 Å². The molecule has 3 rings (SSSR count). The average molecular weight is 344 g/mol. The highest BCUT2D eigenvalue weighted by Crippen LogP contribution is 2.18. The first kappa shape index (κ1) is 16.2. The number of carbonyl (C=O) groups is 1. The van der Waals surface area contributed by atoms with Gasteiger partial charge in [0.1, 0.15) is 5.58 Å². The molecule has 0 bridgehead atoms. The van der Waals surface area contributed by atoms with Gasteiger partial charge in [0, 0.05) is 11.9 Å². The second-order valence-electron chi connectivity index (χ2n) is 5.18. The van der Waals surface area contributed by atoms with E-state index in [0.717, 1.165) is 10.9 Å². The molecule has 6 nitrogen and oxygen atoms in total. The Labute approximate surface area is 139 Å². The minimum absolute atomic E-state index is 0.178. The van der Waals surface area contributed by atoms with Crippen molar-refractivity contribution in [3.05, 3.63) is 65.9 Å². The molecule has 0 atom stereocenters. The van der Waals surface area contributed by atoms with Crippen LogP contribution in [0, 0.1) is 0 Å². The topological polar surface area (TPSA) is 88.4 Å². The Morgan fingerprint density at radius 3 is 2.46 bits per heavy atom. The quantitative estimate of drug-likeness (QED) is 0.743. The fourth-order valence-corrected chi connectivity index (χ4v) is 3.00. The number of hydrogen-bond donors (Lipinski definition) is 2. The van der Waals surface area contributed by atoms with Gasteiger partial charge in [-0.05, 0) is 36.9 Å². The number of carbonyl (C=O) groups excluding carboxylic acids is 1. The van der Waals surface area contributed by atoms with Crippen LogP contribution in [0.15, 0.2) is 63.9 Å². The van der Waals surface area contributed by atoms with Crippen molar-refractivity contribution in [2.45, 2.75) is 11.4 Å². The summed E-state index contributed by atoms with van der Waals surface area (Å²) in [5, 5.41) is 3.62. The zero-order chi connectivity index (χ0) is 17.2. The number of furan rings is 1. The van der Waals surface area contributed by atoms with E-state index < -0.39 is 10.0 Å². The predicted octanol–water partition coefficient (Wildman–Crippen LogP) is 2.27. The van der Waals surface area contributed by atoms with Crippen molar-refractivity contribution in [2.24, 2.45) is 0 Å². The Kier molecular flexibility index (Phi) is 4.37. The molecule has 24 heavy (non-hydrogen) atoms. The standard InChI is InChI=1S/C17H16N2O4S/c1-18-24(21,22)14-8-6-12(7-9-14)11-19-17(20)16-10-13-4-2-3-5-15(13)23-16/h2-10,18H,11H2,1H3,(H,19,20). The van der Waals surface area contributed by atoms with Gasteiger partial charge in [-0.3, -0.25) is 4.79 Å². The molecule has 1 heterocycles. The Morgan fingerprint density at radius 2 is 1.79 bits per heavy atom. The first-order chi connectivity index (χ1) is 11.5. The molecule has 1 aromatic heterocycles. The fourth-order valence-electron chi connectivity index (χ4n) is 2.27. The summed E-state index contributed by atoms with van der Waals surface area (Å²) in [6.07, 6.45) is 0. The van der Waals surface area contributed by atoms with E-state index in [0.29, 0.717) is 5.58 Å². The van der Waals surface area contributed by atoms with Crippen molar-refractivity contribution >= 4 is 26.9 Å². The van der Waals surface area contributed by atoms with Crippen LogP contribution in [0.1, 0.15) is 16.1 Å². The number of hydrogen-bond acceptors (Lipinski definition) is 4. The largest absolute Gasteiger partial charge is 0.451 e. The lowest BCUT2D eigenvalue weighted by atomic mass is 10.2. The molecule has 0 spiro atoms. The molecule has 0 radical (unpaired) electrons. The van der Waals surface area contributed by atoms with Gasteiger partial charge >= 0.3 is 0 Å². The first-order valence-corrected chi connectivity index (χ1v) is 8.77. The molecular formula is C17H16N2O4S. The number of rotatable bonds is 5. The van der Waals surface area contributed by atoms with E-state index >= 15 is 0 Å². The highest BCUT2D eigenvalue weighted by Gasteiger charge is 2.13. The van der Waals surface area contributed by atoms with Gasteiger partial charge in [0.25, 0.3) is 5.91 Å². The number of nitrogens with one attached hydrogen (secondary N) is 2. The maximum atomic E-state index is 12.1. The molecule has 3 aromatic rings. The SMILES string of the molecule is CNS(=O)(=O)c1ccc(CNC(=O)c2cc3ccccc3o2)cc1. The predicted molar refractivity (Wildman–Crippen MR) is 90.1 cm³/mol. The van der Waals surface area contributed by atoms with Crippen molar-refractivity contribution in [1.82, 2.24) is 10.0 Å². The van der Waals surface area contributed by atoms with Crippen molar-refractivity contribution in [3.8, 4) is 0 Å². The lowest BCUT2D eigenvalue weighted by Crippen LogP contribution is -2.22. The molecule has 0 fully saturated rings. The molecule has 0 aliphatic rings. The highest BCUT2D eigenvalue weighted by atomic mass is 32.2. The van der Waals surface area contributed by atoms with Crippen LogP contribution in [0.25, 0.3) is 11.0 Å². The van der Waals surface area contributed by atoms with E-state index in [-0.39, 0.29) is 23.1 Å². The van der Waals surface area contributed by atoms with E-state index in [1.54, 1.807) is 24.3 Å². The van der Waals surface area contributed by atoms with E-state index in [2.05, 4.69) is 10.0 Å². The minimum Gasteiger partial charge on any atom is -0.451 e. The monoisotopic (exact) mass is 344 g/mol. The zero-order valence-corrected chi connectivity index (χ0v) is 13.8. The molecule has 2 N–H and O–H groups in total. The smallest absolute Gasteiger partial charge is 0.287 e. The van der Waals surface area contributed by atoms with Crippen LogP contribution >= 0.6 is 0 Å². The van der Waals surface area contributed by atoms with Crippen molar-refractivity contribution in [2.75, 3.05) is 7.05 Å². The van der Waals surface area contributed by atoms with Gasteiger partial charge < -0.3 is 9.73 Å². The summed E-state index contributed by atoms with van der Waals surface area (Å²) < 4.78 is 31.1. The molecule has 2 aromatic carbocycles. The number of amides is 1. The summed E-state index contributed by atoms with van der Waals surface area (Å²) >= 11 is 0. The molecule has 0 saturated carbocycles. The average Bonchev–Trinajstić information content (AvgIpc) is 3.04. The Bertz CT molecular complexity index is 942.